The van der Waals surface area contributed by atoms with Crippen LogP contribution in [0.4, 0.5) is 5.95 Å². The molecule has 1 atom stereocenters. The zero-order chi connectivity index (χ0) is 11.7. The lowest BCUT2D eigenvalue weighted by Gasteiger charge is -2.22. The van der Waals surface area contributed by atoms with E-state index in [0.717, 1.165) is 57.4 Å². The fourth-order valence-corrected chi connectivity index (χ4v) is 2.36. The highest BCUT2D eigenvalue weighted by Gasteiger charge is 2.24. The molecule has 0 amide bonds. The van der Waals surface area contributed by atoms with E-state index in [0.29, 0.717) is 0 Å². The molecule has 0 bridgehead atoms. The van der Waals surface area contributed by atoms with Gasteiger partial charge >= 0.3 is 0 Å². The van der Waals surface area contributed by atoms with Gasteiger partial charge in [-0.15, -0.1) is 0 Å². The van der Waals surface area contributed by atoms with Crippen LogP contribution in [0.15, 0.2) is 0 Å². The van der Waals surface area contributed by atoms with Gasteiger partial charge in [-0.2, -0.15) is 10.1 Å². The number of hydrogen-bond donors (Lipinski definition) is 1. The van der Waals surface area contributed by atoms with Crippen LogP contribution < -0.4 is 10.2 Å². The van der Waals surface area contributed by atoms with Crippen molar-refractivity contribution >= 4 is 5.95 Å². The van der Waals surface area contributed by atoms with Crippen molar-refractivity contribution in [3.8, 4) is 0 Å². The van der Waals surface area contributed by atoms with Crippen LogP contribution in [0.2, 0.25) is 0 Å². The molecule has 0 radical (unpaired) electrons. The number of aromatic nitrogens is 3. The number of rotatable bonds is 1. The van der Waals surface area contributed by atoms with E-state index in [2.05, 4.69) is 27.3 Å². The molecule has 1 unspecified atom stereocenters. The Kier molecular flexibility index (Phi) is 2.98. The van der Waals surface area contributed by atoms with Gasteiger partial charge in [-0.05, 0) is 19.4 Å². The van der Waals surface area contributed by atoms with Crippen LogP contribution >= 0.6 is 0 Å². The Morgan fingerprint density at radius 3 is 3.18 bits per heavy atom. The molecule has 2 aliphatic heterocycles. The van der Waals surface area contributed by atoms with Crippen LogP contribution in [0.3, 0.4) is 0 Å². The lowest BCUT2D eigenvalue weighted by Crippen LogP contribution is -2.28. The maximum Gasteiger partial charge on any atom is 0.223 e. The number of anilines is 1. The Labute approximate surface area is 101 Å². The smallest absolute Gasteiger partial charge is 0.223 e. The fraction of sp³-hybridized carbons (Fsp3) is 0.818. The minimum atomic E-state index is 0.00370. The average Bonchev–Trinajstić information content (AvgIpc) is 2.59. The van der Waals surface area contributed by atoms with Crippen LogP contribution in [0, 0.1) is 0 Å². The molecule has 0 spiro atoms. The second-order valence-corrected chi connectivity index (χ2v) is 4.69. The number of hydrogen-bond acceptors (Lipinski definition) is 5. The fourth-order valence-electron chi connectivity index (χ4n) is 2.36. The van der Waals surface area contributed by atoms with Gasteiger partial charge in [0.15, 0.2) is 5.82 Å². The van der Waals surface area contributed by atoms with Crippen LogP contribution in [-0.2, 0) is 11.3 Å². The van der Waals surface area contributed by atoms with Crippen molar-refractivity contribution in [3.63, 3.8) is 0 Å². The van der Waals surface area contributed by atoms with Crippen LogP contribution in [-0.4, -0.2) is 48.1 Å². The molecular weight excluding hydrogens is 218 g/mol. The minimum absolute atomic E-state index is 0.00370. The molecule has 1 saturated heterocycles. The highest BCUT2D eigenvalue weighted by Crippen LogP contribution is 2.21. The van der Waals surface area contributed by atoms with E-state index in [9.17, 15) is 0 Å². The molecule has 3 rings (SSSR count). The number of nitrogens with zero attached hydrogens (tertiary/aromatic N) is 4. The van der Waals surface area contributed by atoms with E-state index >= 15 is 0 Å². The quantitative estimate of drug-likeness (QED) is 0.754. The van der Waals surface area contributed by atoms with E-state index in [1.807, 2.05) is 4.68 Å². The molecule has 0 saturated carbocycles. The average molecular weight is 237 g/mol. The van der Waals surface area contributed by atoms with Gasteiger partial charge in [-0.25, -0.2) is 4.68 Å². The maximum absolute atomic E-state index is 5.78. The van der Waals surface area contributed by atoms with Crippen molar-refractivity contribution < 1.29 is 4.74 Å². The SMILES string of the molecule is CN1CCCn2nc(C3CNCCCO3)nc21. The first-order valence-corrected chi connectivity index (χ1v) is 6.33. The van der Waals surface area contributed by atoms with Crippen molar-refractivity contribution in [2.45, 2.75) is 25.5 Å². The topological polar surface area (TPSA) is 55.2 Å². The van der Waals surface area contributed by atoms with Gasteiger partial charge in [-0.1, -0.05) is 0 Å². The number of ether oxygens (including phenoxy) is 1. The molecule has 6 heteroatoms. The number of nitrogens with one attached hydrogen (secondary N) is 1. The number of fused-ring (bicyclic) bond motifs is 1. The predicted molar refractivity (Wildman–Crippen MR) is 64.1 cm³/mol. The van der Waals surface area contributed by atoms with Crippen LogP contribution in [0.5, 0.6) is 0 Å². The van der Waals surface area contributed by atoms with Crippen molar-refractivity contribution in [1.82, 2.24) is 20.1 Å². The second-order valence-electron chi connectivity index (χ2n) is 4.69. The summed E-state index contributed by atoms with van der Waals surface area (Å²) in [7, 11) is 2.07. The maximum atomic E-state index is 5.78. The molecule has 1 N–H and O–H groups in total. The van der Waals surface area contributed by atoms with E-state index in [-0.39, 0.29) is 6.10 Å². The predicted octanol–water partition coefficient (Wildman–Crippen LogP) is 0.169. The van der Waals surface area contributed by atoms with Gasteiger partial charge in [0.05, 0.1) is 0 Å². The third kappa shape index (κ3) is 2.14. The van der Waals surface area contributed by atoms with E-state index in [4.69, 9.17) is 4.74 Å². The van der Waals surface area contributed by atoms with Gasteiger partial charge in [0.2, 0.25) is 5.95 Å². The summed E-state index contributed by atoms with van der Waals surface area (Å²) >= 11 is 0. The third-order valence-corrected chi connectivity index (χ3v) is 3.31. The molecule has 2 aliphatic rings. The summed E-state index contributed by atoms with van der Waals surface area (Å²) in [5.41, 5.74) is 0. The van der Waals surface area contributed by atoms with Gasteiger partial charge in [-0.3, -0.25) is 0 Å². The standard InChI is InChI=1S/C11H19N5O/c1-15-5-3-6-16-11(15)13-10(14-16)9-8-12-4-2-7-17-9/h9,12H,2-8H2,1H3. The van der Waals surface area contributed by atoms with E-state index < -0.39 is 0 Å². The van der Waals surface area contributed by atoms with Crippen molar-refractivity contribution in [2.75, 3.05) is 38.2 Å². The van der Waals surface area contributed by atoms with Crippen LogP contribution in [0.25, 0.3) is 0 Å². The molecule has 1 aromatic heterocycles. The Hall–Kier alpha value is -1.14. The number of aryl methyl sites for hydroxylation is 1. The Morgan fingerprint density at radius 2 is 2.29 bits per heavy atom. The summed E-state index contributed by atoms with van der Waals surface area (Å²) in [5.74, 6) is 1.79. The molecule has 3 heterocycles. The van der Waals surface area contributed by atoms with Gasteiger partial charge in [0.25, 0.3) is 0 Å². The van der Waals surface area contributed by atoms with E-state index in [1.165, 1.54) is 0 Å². The highest BCUT2D eigenvalue weighted by atomic mass is 16.5. The molecule has 6 nitrogen and oxygen atoms in total. The lowest BCUT2D eigenvalue weighted by atomic mass is 10.3. The Balaban J connectivity index is 1.83. The summed E-state index contributed by atoms with van der Waals surface area (Å²) in [4.78, 5) is 6.77. The molecule has 17 heavy (non-hydrogen) atoms. The molecule has 1 fully saturated rings. The van der Waals surface area contributed by atoms with Crippen LogP contribution in [0.1, 0.15) is 24.8 Å². The molecule has 94 valence electrons. The van der Waals surface area contributed by atoms with Crippen molar-refractivity contribution in [1.29, 1.82) is 0 Å². The molecule has 0 aromatic carbocycles. The Bertz CT molecular complexity index is 383. The monoisotopic (exact) mass is 237 g/mol. The zero-order valence-corrected chi connectivity index (χ0v) is 10.2. The van der Waals surface area contributed by atoms with Crippen molar-refractivity contribution in [3.05, 3.63) is 5.82 Å². The first-order valence-electron chi connectivity index (χ1n) is 6.33. The summed E-state index contributed by atoms with van der Waals surface area (Å²) in [6.45, 7) is 4.64. The summed E-state index contributed by atoms with van der Waals surface area (Å²) in [6, 6.07) is 0. The van der Waals surface area contributed by atoms with E-state index in [1.54, 1.807) is 0 Å². The van der Waals surface area contributed by atoms with Gasteiger partial charge in [0.1, 0.15) is 6.10 Å². The highest BCUT2D eigenvalue weighted by molar-refractivity contribution is 5.31. The lowest BCUT2D eigenvalue weighted by molar-refractivity contribution is 0.0606. The summed E-state index contributed by atoms with van der Waals surface area (Å²) < 4.78 is 7.78. The molecule has 0 aliphatic carbocycles. The van der Waals surface area contributed by atoms with Gasteiger partial charge in [0, 0.05) is 33.3 Å². The van der Waals surface area contributed by atoms with Crippen molar-refractivity contribution in [2.24, 2.45) is 0 Å². The zero-order valence-electron chi connectivity index (χ0n) is 10.2. The second kappa shape index (κ2) is 4.62. The third-order valence-electron chi connectivity index (χ3n) is 3.31. The normalized spacial score (nSPS) is 25.5. The first kappa shape index (κ1) is 11.0. The largest absolute Gasteiger partial charge is 0.369 e. The summed E-state index contributed by atoms with van der Waals surface area (Å²) in [5, 5.41) is 7.92. The molecule has 1 aromatic rings. The Morgan fingerprint density at radius 1 is 1.35 bits per heavy atom. The minimum Gasteiger partial charge on any atom is -0.369 e. The first-order chi connectivity index (χ1) is 8.34. The van der Waals surface area contributed by atoms with Gasteiger partial charge < -0.3 is 15.0 Å². The molecular formula is C11H19N5O. The summed E-state index contributed by atoms with van der Waals surface area (Å²) in [6.07, 6.45) is 2.20.